The number of benzene rings is 1. The van der Waals surface area contributed by atoms with E-state index in [4.69, 9.17) is 4.52 Å². The summed E-state index contributed by atoms with van der Waals surface area (Å²) in [4.78, 5) is 31.0. The molecule has 1 aliphatic carbocycles. The summed E-state index contributed by atoms with van der Waals surface area (Å²) >= 11 is 0. The summed E-state index contributed by atoms with van der Waals surface area (Å²) in [5.41, 5.74) is -0.0855. The number of carbonyl (C=O) groups is 1. The number of hydrogen-bond donors (Lipinski definition) is 2. The van der Waals surface area contributed by atoms with E-state index in [-0.39, 0.29) is 23.7 Å². The molecule has 0 radical (unpaired) electrons. The van der Waals surface area contributed by atoms with E-state index < -0.39 is 0 Å². The molecule has 0 aliphatic heterocycles. The Bertz CT molecular complexity index is 940. The van der Waals surface area contributed by atoms with Gasteiger partial charge in [0.05, 0.1) is 6.54 Å². The van der Waals surface area contributed by atoms with Crippen molar-refractivity contribution < 1.29 is 9.32 Å². The van der Waals surface area contributed by atoms with Gasteiger partial charge in [-0.2, -0.15) is 4.98 Å². The molecule has 2 heterocycles. The van der Waals surface area contributed by atoms with E-state index in [1.807, 2.05) is 6.07 Å². The molecule has 4 rings (SSSR count). The zero-order valence-electron chi connectivity index (χ0n) is 12.2. The number of fused-ring (bicyclic) bond motifs is 1. The number of H-pyrrole nitrogens is 1. The highest BCUT2D eigenvalue weighted by Gasteiger charge is 2.28. The molecule has 3 aromatic rings. The molecule has 2 N–H and O–H groups in total. The van der Waals surface area contributed by atoms with E-state index in [0.29, 0.717) is 23.0 Å². The van der Waals surface area contributed by atoms with Gasteiger partial charge in [-0.25, -0.2) is 0 Å². The standard InChI is InChI=1S/C16H14N4O3/c21-15-11-4-2-1-3-10(11)7-12(18-15)16(22)17-8-13-19-14(20-23-13)9-5-6-9/h1-4,7,9H,5-6,8H2,(H,17,22)(H,18,21). The molecule has 0 atom stereocenters. The normalized spacial score (nSPS) is 14.1. The maximum absolute atomic E-state index is 12.2. The molecule has 1 aliphatic rings. The first-order chi connectivity index (χ1) is 11.2. The molecule has 0 unspecified atom stereocenters. The maximum Gasteiger partial charge on any atom is 0.268 e. The summed E-state index contributed by atoms with van der Waals surface area (Å²) in [5, 5.41) is 7.83. The lowest BCUT2D eigenvalue weighted by Gasteiger charge is -2.04. The zero-order chi connectivity index (χ0) is 15.8. The highest BCUT2D eigenvalue weighted by Crippen LogP contribution is 2.38. The SMILES string of the molecule is O=C(NCc1nc(C2CC2)no1)c1cc2ccccc2c(=O)[nH]1. The number of carbonyl (C=O) groups excluding carboxylic acids is 1. The van der Waals surface area contributed by atoms with Crippen molar-refractivity contribution in [2.45, 2.75) is 25.3 Å². The number of nitrogens with zero attached hydrogens (tertiary/aromatic N) is 2. The van der Waals surface area contributed by atoms with Crippen LogP contribution in [0.5, 0.6) is 0 Å². The van der Waals surface area contributed by atoms with Gasteiger partial charge in [0.1, 0.15) is 5.69 Å². The summed E-state index contributed by atoms with van der Waals surface area (Å²) in [6.07, 6.45) is 2.17. The summed E-state index contributed by atoms with van der Waals surface area (Å²) < 4.78 is 5.10. The van der Waals surface area contributed by atoms with Crippen LogP contribution in [0.1, 0.15) is 41.0 Å². The van der Waals surface area contributed by atoms with Crippen molar-refractivity contribution in [1.82, 2.24) is 20.4 Å². The largest absolute Gasteiger partial charge is 0.342 e. The van der Waals surface area contributed by atoms with Crippen molar-refractivity contribution in [3.8, 4) is 0 Å². The molecular weight excluding hydrogens is 296 g/mol. The zero-order valence-corrected chi connectivity index (χ0v) is 12.2. The second-order valence-electron chi connectivity index (χ2n) is 5.60. The quantitative estimate of drug-likeness (QED) is 0.764. The number of rotatable bonds is 4. The predicted octanol–water partition coefficient (Wildman–Crippen LogP) is 1.72. The molecule has 7 nitrogen and oxygen atoms in total. The Balaban J connectivity index is 1.50. The van der Waals surface area contributed by atoms with Gasteiger partial charge in [0, 0.05) is 11.3 Å². The molecular formula is C16H14N4O3. The minimum absolute atomic E-state index is 0.132. The van der Waals surface area contributed by atoms with Crippen molar-refractivity contribution in [3.05, 3.63) is 58.1 Å². The van der Waals surface area contributed by atoms with Crippen LogP contribution in [-0.4, -0.2) is 21.0 Å². The minimum Gasteiger partial charge on any atom is -0.342 e. The van der Waals surface area contributed by atoms with E-state index in [9.17, 15) is 9.59 Å². The first-order valence-corrected chi connectivity index (χ1v) is 7.43. The van der Waals surface area contributed by atoms with Gasteiger partial charge in [0.2, 0.25) is 5.89 Å². The van der Waals surface area contributed by atoms with Gasteiger partial charge < -0.3 is 14.8 Å². The van der Waals surface area contributed by atoms with Crippen LogP contribution in [-0.2, 0) is 6.54 Å². The smallest absolute Gasteiger partial charge is 0.268 e. The fraction of sp³-hybridized carbons (Fsp3) is 0.250. The molecule has 116 valence electrons. The van der Waals surface area contributed by atoms with Crippen molar-refractivity contribution in [2.75, 3.05) is 0 Å². The van der Waals surface area contributed by atoms with Crippen LogP contribution in [0.4, 0.5) is 0 Å². The Kier molecular flexibility index (Phi) is 3.18. The fourth-order valence-corrected chi connectivity index (χ4v) is 2.43. The van der Waals surface area contributed by atoms with Crippen LogP contribution >= 0.6 is 0 Å². The molecule has 1 amide bonds. The van der Waals surface area contributed by atoms with Crippen LogP contribution in [0.15, 0.2) is 39.6 Å². The molecule has 1 fully saturated rings. The molecule has 0 spiro atoms. The summed E-state index contributed by atoms with van der Waals surface area (Å²) in [5.74, 6) is 1.08. The first kappa shape index (κ1) is 13.7. The molecule has 0 bridgehead atoms. The number of aromatic amines is 1. The van der Waals surface area contributed by atoms with Crippen molar-refractivity contribution in [1.29, 1.82) is 0 Å². The van der Waals surface area contributed by atoms with E-state index in [1.54, 1.807) is 24.3 Å². The first-order valence-electron chi connectivity index (χ1n) is 7.43. The minimum atomic E-state index is -0.390. The summed E-state index contributed by atoms with van der Waals surface area (Å²) in [6.45, 7) is 0.132. The summed E-state index contributed by atoms with van der Waals surface area (Å²) in [6, 6.07) is 8.76. The second kappa shape index (κ2) is 5.35. The molecule has 7 heteroatoms. The molecule has 23 heavy (non-hydrogen) atoms. The van der Waals surface area contributed by atoms with Gasteiger partial charge in [0.25, 0.3) is 11.5 Å². The fourth-order valence-electron chi connectivity index (χ4n) is 2.43. The monoisotopic (exact) mass is 310 g/mol. The number of pyridine rings is 1. The number of amides is 1. The average Bonchev–Trinajstić information content (AvgIpc) is 3.31. The van der Waals surface area contributed by atoms with E-state index in [2.05, 4.69) is 20.4 Å². The topological polar surface area (TPSA) is 101 Å². The number of aromatic nitrogens is 3. The van der Waals surface area contributed by atoms with E-state index in [0.717, 1.165) is 18.2 Å². The van der Waals surface area contributed by atoms with Gasteiger partial charge in [-0.15, -0.1) is 0 Å². The lowest BCUT2D eigenvalue weighted by atomic mass is 10.1. The van der Waals surface area contributed by atoms with Crippen LogP contribution in [0.3, 0.4) is 0 Å². The Hall–Kier alpha value is -2.96. The third kappa shape index (κ3) is 2.73. The summed E-state index contributed by atoms with van der Waals surface area (Å²) in [7, 11) is 0. The Morgan fingerprint density at radius 1 is 1.35 bits per heavy atom. The predicted molar refractivity (Wildman–Crippen MR) is 82.0 cm³/mol. The van der Waals surface area contributed by atoms with Gasteiger partial charge in [-0.1, -0.05) is 23.4 Å². The van der Waals surface area contributed by atoms with Crippen molar-refractivity contribution in [2.24, 2.45) is 0 Å². The van der Waals surface area contributed by atoms with Crippen molar-refractivity contribution >= 4 is 16.7 Å². The average molecular weight is 310 g/mol. The third-order valence-corrected chi connectivity index (χ3v) is 3.82. The molecule has 0 saturated heterocycles. The van der Waals surface area contributed by atoms with Gasteiger partial charge >= 0.3 is 0 Å². The maximum atomic E-state index is 12.2. The number of hydrogen-bond acceptors (Lipinski definition) is 5. The van der Waals surface area contributed by atoms with Gasteiger partial charge in [-0.3, -0.25) is 9.59 Å². The Morgan fingerprint density at radius 2 is 2.17 bits per heavy atom. The van der Waals surface area contributed by atoms with E-state index >= 15 is 0 Å². The third-order valence-electron chi connectivity index (χ3n) is 3.82. The van der Waals surface area contributed by atoms with Crippen LogP contribution in [0.2, 0.25) is 0 Å². The van der Waals surface area contributed by atoms with Crippen molar-refractivity contribution in [3.63, 3.8) is 0 Å². The van der Waals surface area contributed by atoms with Crippen LogP contribution in [0, 0.1) is 0 Å². The Morgan fingerprint density at radius 3 is 3.00 bits per heavy atom. The van der Waals surface area contributed by atoms with E-state index in [1.165, 1.54) is 0 Å². The molecule has 2 aromatic heterocycles. The molecule has 1 aromatic carbocycles. The van der Waals surface area contributed by atoms with Gasteiger partial charge in [0.15, 0.2) is 5.82 Å². The lowest BCUT2D eigenvalue weighted by molar-refractivity contribution is 0.0941. The molecule has 1 saturated carbocycles. The number of nitrogens with one attached hydrogen (secondary N) is 2. The lowest BCUT2D eigenvalue weighted by Crippen LogP contribution is -2.26. The second-order valence-corrected chi connectivity index (χ2v) is 5.60. The van der Waals surface area contributed by atoms with Crippen LogP contribution < -0.4 is 10.9 Å². The Labute approximate surface area is 130 Å². The highest BCUT2D eigenvalue weighted by molar-refractivity contribution is 5.96. The van der Waals surface area contributed by atoms with Crippen LogP contribution in [0.25, 0.3) is 10.8 Å². The van der Waals surface area contributed by atoms with Gasteiger partial charge in [-0.05, 0) is 30.4 Å². The highest BCUT2D eigenvalue weighted by atomic mass is 16.5.